The van der Waals surface area contributed by atoms with Crippen LogP contribution in [0.1, 0.15) is 57.7 Å². The van der Waals surface area contributed by atoms with Crippen molar-refractivity contribution in [3.05, 3.63) is 58.5 Å². The number of nitrogens with two attached hydrogens (primary N) is 1. The number of carboxylic acids is 2. The number of benzene rings is 1. The van der Waals surface area contributed by atoms with E-state index in [2.05, 4.69) is 25.9 Å². The van der Waals surface area contributed by atoms with Crippen LogP contribution in [-0.2, 0) is 46.2 Å². The van der Waals surface area contributed by atoms with Gasteiger partial charge in [0.15, 0.2) is 0 Å². The van der Waals surface area contributed by atoms with E-state index in [0.29, 0.717) is 4.90 Å². The second-order valence-electron chi connectivity index (χ2n) is 12.6. The summed E-state index contributed by atoms with van der Waals surface area (Å²) < 4.78 is 46.3. The lowest BCUT2D eigenvalue weighted by Crippen LogP contribution is -2.60. The Labute approximate surface area is 303 Å². The van der Waals surface area contributed by atoms with E-state index in [-0.39, 0.29) is 24.1 Å². The van der Waals surface area contributed by atoms with Crippen LogP contribution in [0.15, 0.2) is 46.0 Å². The number of aromatic amines is 1. The number of H-pyrrole nitrogens is 1. The van der Waals surface area contributed by atoms with Gasteiger partial charge in [-0.3, -0.25) is 38.5 Å². The summed E-state index contributed by atoms with van der Waals surface area (Å²) in [6.07, 6.45) is -5.18. The van der Waals surface area contributed by atoms with Crippen molar-refractivity contribution in [3.8, 4) is 0 Å². The molecule has 292 valence electrons. The average molecular weight is 766 g/mol. The minimum Gasteiger partial charge on any atom is -0.481 e. The fourth-order valence-electron chi connectivity index (χ4n) is 5.49. The number of fused-ring (bicyclic) bond motifs is 1. The third-order valence-corrected chi connectivity index (χ3v) is 7.83. The van der Waals surface area contributed by atoms with Crippen molar-refractivity contribution in [2.75, 3.05) is 4.90 Å². The number of imidazole rings is 1. The van der Waals surface area contributed by atoms with E-state index in [1.807, 2.05) is 0 Å². The molecule has 1 aromatic carbocycles. The van der Waals surface area contributed by atoms with Gasteiger partial charge >= 0.3 is 23.7 Å². The highest BCUT2D eigenvalue weighted by Crippen LogP contribution is 2.35. The molecule has 0 fully saturated rings. The fourth-order valence-corrected chi connectivity index (χ4v) is 5.49. The monoisotopic (exact) mass is 765 g/mol. The standard InChI is InChI=1S/C33H38F3N7O11/c1-15(2)8-22(40-16(3)44)31(52)41-21(6-7-26(45)46)30(51)42-23(9-17-13-38-14-39-17)32(53)43(24(29(37)50)12-27(47)48)18-4-5-19-20(33(34,35)36)11-28(49)54-25(19)10-18/h4-5,10-11,13-15,21-24H,6-9,12H2,1-3H3,(H2,37,50)(H,38,39)(H,40,44)(H,41,52)(H,42,51)(H,45,46)(H,47,48). The lowest BCUT2D eigenvalue weighted by atomic mass is 10.0. The highest BCUT2D eigenvalue weighted by Gasteiger charge is 2.39. The van der Waals surface area contributed by atoms with Gasteiger partial charge in [0, 0.05) is 54.9 Å². The van der Waals surface area contributed by atoms with Gasteiger partial charge in [-0.1, -0.05) is 13.8 Å². The van der Waals surface area contributed by atoms with E-state index in [1.165, 1.54) is 12.5 Å². The Morgan fingerprint density at radius 3 is 2.15 bits per heavy atom. The Hall–Kier alpha value is -6.28. The maximum atomic E-state index is 14.5. The van der Waals surface area contributed by atoms with Gasteiger partial charge < -0.3 is 41.3 Å². The highest BCUT2D eigenvalue weighted by atomic mass is 19.4. The first-order valence-corrected chi connectivity index (χ1v) is 16.2. The van der Waals surface area contributed by atoms with Crippen LogP contribution in [0.3, 0.4) is 0 Å². The van der Waals surface area contributed by atoms with Crippen molar-refractivity contribution in [3.63, 3.8) is 0 Å². The molecule has 0 spiro atoms. The third kappa shape index (κ3) is 11.6. The number of alkyl halides is 3. The summed E-state index contributed by atoms with van der Waals surface area (Å²) in [7, 11) is 0. The van der Waals surface area contributed by atoms with E-state index < -0.39 is 125 Å². The van der Waals surface area contributed by atoms with Crippen molar-refractivity contribution in [1.29, 1.82) is 0 Å². The number of rotatable bonds is 18. The van der Waals surface area contributed by atoms with Gasteiger partial charge in [0.1, 0.15) is 29.8 Å². The lowest BCUT2D eigenvalue weighted by molar-refractivity contribution is -0.140. The molecule has 0 bridgehead atoms. The summed E-state index contributed by atoms with van der Waals surface area (Å²) in [6, 6.07) is -3.88. The molecule has 8 N–H and O–H groups in total. The number of hydrogen-bond acceptors (Lipinski definition) is 10. The first kappa shape index (κ1) is 42.1. The van der Waals surface area contributed by atoms with Gasteiger partial charge in [-0.25, -0.2) is 9.78 Å². The predicted molar refractivity (Wildman–Crippen MR) is 180 cm³/mol. The molecule has 3 rings (SSSR count). The molecule has 0 saturated heterocycles. The Morgan fingerprint density at radius 2 is 1.61 bits per heavy atom. The Bertz CT molecular complexity index is 1950. The van der Waals surface area contributed by atoms with Crippen LogP contribution >= 0.6 is 0 Å². The van der Waals surface area contributed by atoms with Crippen LogP contribution in [0.5, 0.6) is 0 Å². The van der Waals surface area contributed by atoms with E-state index >= 15 is 0 Å². The minimum atomic E-state index is -5.02. The molecule has 21 heteroatoms. The molecule has 0 aliphatic carbocycles. The number of carboxylic acid groups (broad SMARTS) is 2. The van der Waals surface area contributed by atoms with Gasteiger partial charge in [-0.2, -0.15) is 13.2 Å². The molecule has 2 aromatic heterocycles. The van der Waals surface area contributed by atoms with Crippen LogP contribution in [0, 0.1) is 5.92 Å². The number of primary amides is 1. The van der Waals surface area contributed by atoms with E-state index in [9.17, 15) is 61.7 Å². The van der Waals surface area contributed by atoms with Crippen molar-refractivity contribution in [2.45, 2.75) is 83.2 Å². The average Bonchev–Trinajstić information content (AvgIpc) is 3.57. The van der Waals surface area contributed by atoms with E-state index in [4.69, 9.17) is 10.2 Å². The zero-order valence-corrected chi connectivity index (χ0v) is 29.1. The molecule has 0 aliphatic rings. The minimum absolute atomic E-state index is 0.117. The van der Waals surface area contributed by atoms with Gasteiger partial charge in [0.05, 0.1) is 18.3 Å². The van der Waals surface area contributed by atoms with Gasteiger partial charge in [-0.15, -0.1) is 0 Å². The Kier molecular flexibility index (Phi) is 14.0. The van der Waals surface area contributed by atoms with Crippen LogP contribution in [0.2, 0.25) is 0 Å². The molecular weight excluding hydrogens is 727 g/mol. The fraction of sp³-hybridized carbons (Fsp3) is 0.424. The quantitative estimate of drug-likeness (QED) is 0.0887. The maximum absolute atomic E-state index is 14.5. The number of anilines is 1. The number of amides is 5. The first-order chi connectivity index (χ1) is 25.2. The lowest BCUT2D eigenvalue weighted by Gasteiger charge is -2.33. The van der Waals surface area contributed by atoms with Crippen LogP contribution < -0.4 is 32.2 Å². The Balaban J connectivity index is 2.16. The van der Waals surface area contributed by atoms with Crippen LogP contribution in [0.25, 0.3) is 11.0 Å². The van der Waals surface area contributed by atoms with Crippen molar-refractivity contribution in [1.82, 2.24) is 25.9 Å². The van der Waals surface area contributed by atoms with Crippen molar-refractivity contribution in [2.24, 2.45) is 11.7 Å². The number of nitrogens with one attached hydrogen (secondary N) is 4. The second kappa shape index (κ2) is 18.0. The van der Waals surface area contributed by atoms with Gasteiger partial charge in [-0.05, 0) is 30.9 Å². The summed E-state index contributed by atoms with van der Waals surface area (Å²) in [4.78, 5) is 109. The molecule has 18 nitrogen and oxygen atoms in total. The molecule has 54 heavy (non-hydrogen) atoms. The smallest absolute Gasteiger partial charge is 0.417 e. The number of carbonyl (C=O) groups is 7. The molecule has 5 amide bonds. The molecular formula is C33H38F3N7O11. The van der Waals surface area contributed by atoms with E-state index in [0.717, 1.165) is 25.1 Å². The van der Waals surface area contributed by atoms with E-state index in [1.54, 1.807) is 13.8 Å². The number of aliphatic carboxylic acids is 2. The summed E-state index contributed by atoms with van der Waals surface area (Å²) in [5.41, 5.74) is 1.74. The number of nitrogens with zero attached hydrogens (tertiary/aromatic N) is 2. The Morgan fingerprint density at radius 1 is 0.963 bits per heavy atom. The second-order valence-corrected chi connectivity index (χ2v) is 12.6. The zero-order valence-electron chi connectivity index (χ0n) is 29.1. The number of halogens is 3. The zero-order chi connectivity index (χ0) is 40.5. The topological polar surface area (TPSA) is 284 Å². The summed E-state index contributed by atoms with van der Waals surface area (Å²) in [5, 5.41) is 25.6. The van der Waals surface area contributed by atoms with Crippen LogP contribution in [0.4, 0.5) is 18.9 Å². The SMILES string of the molecule is CC(=O)NC(CC(C)C)C(=O)NC(CCC(=O)O)C(=O)NC(Cc1cnc[nH]1)C(=O)N(c1ccc2c(C(F)(F)F)cc(=O)oc2c1)C(CC(=O)O)C(N)=O. The highest BCUT2D eigenvalue weighted by molar-refractivity contribution is 6.06. The molecule has 2 heterocycles. The molecule has 0 saturated carbocycles. The van der Waals surface area contributed by atoms with Crippen LogP contribution in [-0.4, -0.2) is 85.8 Å². The normalized spacial score (nSPS) is 13.7. The summed E-state index contributed by atoms with van der Waals surface area (Å²) in [6.45, 7) is 4.68. The summed E-state index contributed by atoms with van der Waals surface area (Å²) in [5.74, 6) is -8.29. The molecule has 0 aliphatic heterocycles. The van der Waals surface area contributed by atoms with Crippen molar-refractivity contribution < 1.29 is 61.4 Å². The number of hydrogen-bond donors (Lipinski definition) is 7. The van der Waals surface area contributed by atoms with Gasteiger partial charge in [0.25, 0.3) is 5.91 Å². The molecule has 3 aromatic rings. The molecule has 4 atom stereocenters. The molecule has 0 radical (unpaired) electrons. The third-order valence-electron chi connectivity index (χ3n) is 7.83. The van der Waals surface area contributed by atoms with Crippen molar-refractivity contribution >= 4 is 58.1 Å². The number of carbonyl (C=O) groups excluding carboxylic acids is 5. The van der Waals surface area contributed by atoms with Gasteiger partial charge in [0.2, 0.25) is 23.6 Å². The summed E-state index contributed by atoms with van der Waals surface area (Å²) >= 11 is 0. The molecule has 4 unspecified atom stereocenters. The largest absolute Gasteiger partial charge is 0.481 e. The maximum Gasteiger partial charge on any atom is 0.417 e. The number of aromatic nitrogens is 2. The predicted octanol–water partition coefficient (Wildman–Crippen LogP) is 0.824. The first-order valence-electron chi connectivity index (χ1n) is 16.2.